The summed E-state index contributed by atoms with van der Waals surface area (Å²) in [6.07, 6.45) is 5.90. The standard InChI is InChI=1S/C13H21N3O3/c14-11(9-4-2-1-3-5-9)13-15-12(16-19-13)10-8-17-6-7-18-10/h9-11H,1-8,14H2. The first kappa shape index (κ1) is 13.0. The highest BCUT2D eigenvalue weighted by atomic mass is 16.6. The fourth-order valence-electron chi connectivity index (χ4n) is 2.85. The van der Waals surface area contributed by atoms with Gasteiger partial charge < -0.3 is 19.7 Å². The van der Waals surface area contributed by atoms with E-state index in [1.54, 1.807) is 0 Å². The molecule has 0 amide bonds. The molecular formula is C13H21N3O3. The molecule has 1 aromatic heterocycles. The van der Waals surface area contributed by atoms with Crippen molar-refractivity contribution in [2.45, 2.75) is 44.2 Å². The molecule has 1 aliphatic carbocycles. The molecule has 19 heavy (non-hydrogen) atoms. The average molecular weight is 267 g/mol. The lowest BCUT2D eigenvalue weighted by Gasteiger charge is -2.24. The molecule has 0 aromatic carbocycles. The van der Waals surface area contributed by atoms with Gasteiger partial charge in [0.25, 0.3) is 0 Å². The number of nitrogens with two attached hydrogens (primary N) is 1. The van der Waals surface area contributed by atoms with E-state index >= 15 is 0 Å². The quantitative estimate of drug-likeness (QED) is 0.898. The van der Waals surface area contributed by atoms with E-state index in [1.165, 1.54) is 19.3 Å². The largest absolute Gasteiger partial charge is 0.376 e. The second-order valence-corrected chi connectivity index (χ2v) is 5.35. The molecule has 1 aliphatic heterocycles. The minimum absolute atomic E-state index is 0.147. The molecule has 2 atom stereocenters. The van der Waals surface area contributed by atoms with Crippen molar-refractivity contribution in [2.75, 3.05) is 19.8 Å². The molecule has 1 aromatic rings. The van der Waals surface area contributed by atoms with Crippen molar-refractivity contribution in [3.63, 3.8) is 0 Å². The Morgan fingerprint density at radius 3 is 2.74 bits per heavy atom. The molecule has 2 heterocycles. The first-order valence-corrected chi connectivity index (χ1v) is 7.13. The zero-order valence-corrected chi connectivity index (χ0v) is 11.1. The minimum Gasteiger partial charge on any atom is -0.376 e. The van der Waals surface area contributed by atoms with Crippen LogP contribution in [0, 0.1) is 5.92 Å². The lowest BCUT2D eigenvalue weighted by Crippen LogP contribution is -2.25. The third-order valence-corrected chi connectivity index (χ3v) is 4.00. The number of hydrogen-bond donors (Lipinski definition) is 1. The number of nitrogens with zero attached hydrogens (tertiary/aromatic N) is 2. The van der Waals surface area contributed by atoms with E-state index in [4.69, 9.17) is 19.7 Å². The van der Waals surface area contributed by atoms with Crippen LogP contribution in [-0.4, -0.2) is 30.0 Å². The van der Waals surface area contributed by atoms with Crippen LogP contribution in [-0.2, 0) is 9.47 Å². The zero-order valence-electron chi connectivity index (χ0n) is 11.1. The van der Waals surface area contributed by atoms with Gasteiger partial charge in [-0.25, -0.2) is 0 Å². The molecule has 6 nitrogen and oxygen atoms in total. The number of aromatic nitrogens is 2. The third-order valence-electron chi connectivity index (χ3n) is 4.00. The molecule has 6 heteroatoms. The predicted octanol–water partition coefficient (Wildman–Crippen LogP) is 1.74. The first-order valence-electron chi connectivity index (χ1n) is 7.13. The maximum Gasteiger partial charge on any atom is 0.243 e. The number of rotatable bonds is 3. The van der Waals surface area contributed by atoms with E-state index in [-0.39, 0.29) is 12.1 Å². The Morgan fingerprint density at radius 1 is 1.16 bits per heavy atom. The summed E-state index contributed by atoms with van der Waals surface area (Å²) in [5.74, 6) is 1.56. The van der Waals surface area contributed by atoms with Crippen LogP contribution >= 0.6 is 0 Å². The van der Waals surface area contributed by atoms with Crippen LogP contribution in [0.5, 0.6) is 0 Å². The van der Waals surface area contributed by atoms with Crippen LogP contribution in [0.3, 0.4) is 0 Å². The van der Waals surface area contributed by atoms with E-state index in [9.17, 15) is 0 Å². The SMILES string of the molecule is NC(c1nc(C2COCCO2)no1)C1CCCCC1. The van der Waals surface area contributed by atoms with Crippen molar-refractivity contribution in [2.24, 2.45) is 11.7 Å². The molecule has 2 unspecified atom stereocenters. The molecule has 2 aliphatic rings. The second kappa shape index (κ2) is 5.98. The highest BCUT2D eigenvalue weighted by Gasteiger charge is 2.28. The Bertz CT molecular complexity index is 398. The molecule has 2 fully saturated rings. The first-order chi connectivity index (χ1) is 9.34. The van der Waals surface area contributed by atoms with E-state index < -0.39 is 0 Å². The summed E-state index contributed by atoms with van der Waals surface area (Å²) in [5.41, 5.74) is 6.24. The van der Waals surface area contributed by atoms with Gasteiger partial charge in [-0.2, -0.15) is 4.98 Å². The average Bonchev–Trinajstić information content (AvgIpc) is 2.98. The van der Waals surface area contributed by atoms with Crippen molar-refractivity contribution in [3.05, 3.63) is 11.7 Å². The van der Waals surface area contributed by atoms with Gasteiger partial charge in [0.05, 0.1) is 25.9 Å². The van der Waals surface area contributed by atoms with Crippen LogP contribution in [0.15, 0.2) is 4.52 Å². The molecule has 106 valence electrons. The van der Waals surface area contributed by atoms with Gasteiger partial charge in [0.1, 0.15) is 6.10 Å². The van der Waals surface area contributed by atoms with Crippen LogP contribution in [0.25, 0.3) is 0 Å². The maximum absolute atomic E-state index is 6.24. The summed E-state index contributed by atoms with van der Waals surface area (Å²) < 4.78 is 16.2. The van der Waals surface area contributed by atoms with Crippen molar-refractivity contribution < 1.29 is 14.0 Å². The number of ether oxygens (including phenoxy) is 2. The van der Waals surface area contributed by atoms with Crippen molar-refractivity contribution in [1.82, 2.24) is 10.1 Å². The van der Waals surface area contributed by atoms with Gasteiger partial charge in [-0.15, -0.1) is 0 Å². The van der Waals surface area contributed by atoms with Crippen LogP contribution in [0.4, 0.5) is 0 Å². The highest BCUT2D eigenvalue weighted by molar-refractivity contribution is 4.98. The lowest BCUT2D eigenvalue weighted by atomic mass is 9.84. The predicted molar refractivity (Wildman–Crippen MR) is 67.3 cm³/mol. The summed E-state index contributed by atoms with van der Waals surface area (Å²) in [6, 6.07) is -0.147. The molecular weight excluding hydrogens is 246 g/mol. The smallest absolute Gasteiger partial charge is 0.243 e. The molecule has 0 spiro atoms. The van der Waals surface area contributed by atoms with Gasteiger partial charge in [0, 0.05) is 0 Å². The Morgan fingerprint density at radius 2 is 2.00 bits per heavy atom. The summed E-state index contributed by atoms with van der Waals surface area (Å²) in [7, 11) is 0. The highest BCUT2D eigenvalue weighted by Crippen LogP contribution is 2.32. The van der Waals surface area contributed by atoms with Crippen LogP contribution in [0.1, 0.15) is 56.0 Å². The minimum atomic E-state index is -0.218. The van der Waals surface area contributed by atoms with Gasteiger partial charge >= 0.3 is 0 Å². The molecule has 2 N–H and O–H groups in total. The van der Waals surface area contributed by atoms with Gasteiger partial charge in [-0.05, 0) is 18.8 Å². The van der Waals surface area contributed by atoms with Crippen LogP contribution in [0.2, 0.25) is 0 Å². The van der Waals surface area contributed by atoms with E-state index in [0.717, 1.165) is 12.8 Å². The Balaban J connectivity index is 1.65. The maximum atomic E-state index is 6.24. The molecule has 1 saturated heterocycles. The Hall–Kier alpha value is -0.980. The third kappa shape index (κ3) is 2.96. The topological polar surface area (TPSA) is 83.4 Å². The number of hydrogen-bond acceptors (Lipinski definition) is 6. The van der Waals surface area contributed by atoms with Crippen molar-refractivity contribution in [3.8, 4) is 0 Å². The normalized spacial score (nSPS) is 27.3. The summed E-state index contributed by atoms with van der Waals surface area (Å²) in [5, 5.41) is 3.98. The fourth-order valence-corrected chi connectivity index (χ4v) is 2.85. The Labute approximate surface area is 112 Å². The van der Waals surface area contributed by atoms with Gasteiger partial charge in [0.15, 0.2) is 0 Å². The van der Waals surface area contributed by atoms with Gasteiger partial charge in [-0.1, -0.05) is 24.4 Å². The molecule has 1 saturated carbocycles. The van der Waals surface area contributed by atoms with E-state index in [1.807, 2.05) is 0 Å². The van der Waals surface area contributed by atoms with Gasteiger partial charge in [0.2, 0.25) is 11.7 Å². The second-order valence-electron chi connectivity index (χ2n) is 5.35. The fraction of sp³-hybridized carbons (Fsp3) is 0.846. The van der Waals surface area contributed by atoms with Crippen molar-refractivity contribution in [1.29, 1.82) is 0 Å². The molecule has 3 rings (SSSR count). The van der Waals surface area contributed by atoms with Crippen molar-refractivity contribution >= 4 is 0 Å². The summed E-state index contributed by atoms with van der Waals surface area (Å²) in [6.45, 7) is 1.68. The molecule has 0 bridgehead atoms. The summed E-state index contributed by atoms with van der Waals surface area (Å²) in [4.78, 5) is 4.40. The molecule has 0 radical (unpaired) electrons. The van der Waals surface area contributed by atoms with E-state index in [0.29, 0.717) is 37.5 Å². The van der Waals surface area contributed by atoms with Gasteiger partial charge in [-0.3, -0.25) is 0 Å². The monoisotopic (exact) mass is 267 g/mol. The van der Waals surface area contributed by atoms with E-state index in [2.05, 4.69) is 10.1 Å². The zero-order chi connectivity index (χ0) is 13.1. The lowest BCUT2D eigenvalue weighted by molar-refractivity contribution is -0.0941. The Kier molecular flexibility index (Phi) is 4.10. The van der Waals surface area contributed by atoms with Crippen LogP contribution < -0.4 is 5.73 Å². The summed E-state index contributed by atoms with van der Waals surface area (Å²) >= 11 is 0.